The number of carbonyl (C=O) groups is 1. The van der Waals surface area contributed by atoms with Gasteiger partial charge >= 0.3 is 5.97 Å². The molecule has 2 rings (SSSR count). The van der Waals surface area contributed by atoms with E-state index in [4.69, 9.17) is 61.7 Å². The number of rotatable bonds is 3. The van der Waals surface area contributed by atoms with Gasteiger partial charge in [0.2, 0.25) is 0 Å². The van der Waals surface area contributed by atoms with Gasteiger partial charge in [-0.2, -0.15) is 10.5 Å². The maximum absolute atomic E-state index is 10.6. The minimum Gasteiger partial charge on any atom is -0.461 e. The summed E-state index contributed by atoms with van der Waals surface area (Å²) >= 11 is 26.3. The maximum atomic E-state index is 10.6. The predicted molar refractivity (Wildman–Crippen MR) is 110 cm³/mol. The SMILES string of the molecule is CC(=O)OCc1cc(Cl)cc(Cl)c1C#N.N#Cc1c(Cl)cc(Cl)cc1CBr. The molecule has 0 N–H and O–H groups in total. The molecule has 0 radical (unpaired) electrons. The summed E-state index contributed by atoms with van der Waals surface area (Å²) in [7, 11) is 0. The third-order valence-corrected chi connectivity index (χ3v) is 4.71. The van der Waals surface area contributed by atoms with Gasteiger partial charge in [-0.1, -0.05) is 62.3 Å². The number of nitriles is 2. The molecule has 0 atom stereocenters. The van der Waals surface area contributed by atoms with Crippen molar-refractivity contribution in [2.75, 3.05) is 0 Å². The van der Waals surface area contributed by atoms with Crippen molar-refractivity contribution in [2.45, 2.75) is 18.9 Å². The van der Waals surface area contributed by atoms with E-state index in [-0.39, 0.29) is 17.2 Å². The molecule has 0 bridgehead atoms. The zero-order valence-corrected chi connectivity index (χ0v) is 18.4. The van der Waals surface area contributed by atoms with Crippen LogP contribution in [0.2, 0.25) is 20.1 Å². The lowest BCUT2D eigenvalue weighted by molar-refractivity contribution is -0.142. The first-order chi connectivity index (χ1) is 12.7. The molecule has 140 valence electrons. The van der Waals surface area contributed by atoms with Crippen LogP contribution in [0.3, 0.4) is 0 Å². The van der Waals surface area contributed by atoms with E-state index in [1.54, 1.807) is 18.2 Å². The van der Waals surface area contributed by atoms with E-state index in [1.165, 1.54) is 13.0 Å². The van der Waals surface area contributed by atoms with Crippen LogP contribution >= 0.6 is 62.3 Å². The molecule has 27 heavy (non-hydrogen) atoms. The summed E-state index contributed by atoms with van der Waals surface area (Å²) in [6, 6.07) is 10.3. The lowest BCUT2D eigenvalue weighted by Crippen LogP contribution is -2.01. The molecule has 0 aliphatic heterocycles. The fourth-order valence-electron chi connectivity index (χ4n) is 1.90. The average molecular weight is 509 g/mol. The third-order valence-electron chi connectivity index (χ3n) is 3.07. The number of nitrogens with zero attached hydrogens (tertiary/aromatic N) is 2. The van der Waals surface area contributed by atoms with Crippen molar-refractivity contribution in [3.8, 4) is 12.1 Å². The van der Waals surface area contributed by atoms with Crippen molar-refractivity contribution < 1.29 is 9.53 Å². The Labute approximate surface area is 185 Å². The van der Waals surface area contributed by atoms with Crippen molar-refractivity contribution >= 4 is 68.3 Å². The standard InChI is InChI=1S/C10H7Cl2NO2.C8H4BrCl2N/c1-6(14)15-5-7-2-8(11)3-10(12)9(7)4-13;9-3-5-1-6(10)2-8(11)7(5)4-12/h2-3H,5H2,1H3;1-2H,3H2. The third kappa shape index (κ3) is 7.22. The molecule has 0 unspecified atom stereocenters. The van der Waals surface area contributed by atoms with Gasteiger partial charge in [0.15, 0.2) is 0 Å². The van der Waals surface area contributed by atoms with Crippen LogP contribution in [0, 0.1) is 22.7 Å². The second-order valence-electron chi connectivity index (χ2n) is 4.98. The minimum absolute atomic E-state index is 0.00148. The summed E-state index contributed by atoms with van der Waals surface area (Å²) in [4.78, 5) is 10.6. The molecule has 2 aromatic rings. The Morgan fingerprint density at radius 1 is 0.963 bits per heavy atom. The Bertz CT molecular complexity index is 936. The van der Waals surface area contributed by atoms with Crippen LogP contribution in [-0.4, -0.2) is 5.97 Å². The van der Waals surface area contributed by atoms with Gasteiger partial charge in [-0.05, 0) is 29.8 Å². The number of ether oxygens (including phenoxy) is 1. The van der Waals surface area contributed by atoms with Crippen molar-refractivity contribution in [2.24, 2.45) is 0 Å². The van der Waals surface area contributed by atoms with E-state index in [9.17, 15) is 4.79 Å². The fraction of sp³-hybridized carbons (Fsp3) is 0.167. The molecule has 0 fully saturated rings. The Balaban J connectivity index is 0.000000277. The van der Waals surface area contributed by atoms with Crippen LogP contribution in [0.1, 0.15) is 29.2 Å². The van der Waals surface area contributed by atoms with E-state index in [0.29, 0.717) is 31.5 Å². The number of carbonyl (C=O) groups excluding carboxylic acids is 1. The molecule has 0 amide bonds. The Kier molecular flexibility index (Phi) is 9.94. The number of halogens is 5. The molecular formula is C18H11BrCl4N2O2. The minimum atomic E-state index is -0.421. The summed E-state index contributed by atoms with van der Waals surface area (Å²) < 4.78 is 4.77. The topological polar surface area (TPSA) is 73.9 Å². The predicted octanol–water partition coefficient (Wildman–Crippen LogP) is 6.69. The summed E-state index contributed by atoms with van der Waals surface area (Å²) in [5, 5.41) is 19.8. The normalized spacial score (nSPS) is 9.48. The second-order valence-corrected chi connectivity index (χ2v) is 7.23. The highest BCUT2D eigenvalue weighted by atomic mass is 79.9. The van der Waals surface area contributed by atoms with E-state index in [2.05, 4.69) is 15.9 Å². The zero-order valence-electron chi connectivity index (χ0n) is 13.8. The number of esters is 1. The quantitative estimate of drug-likeness (QED) is 0.342. The second kappa shape index (κ2) is 11.4. The lowest BCUT2D eigenvalue weighted by Gasteiger charge is -2.06. The van der Waals surface area contributed by atoms with E-state index in [1.807, 2.05) is 12.1 Å². The molecule has 2 aromatic carbocycles. The Hall–Kier alpha value is -1.47. The van der Waals surface area contributed by atoms with Gasteiger partial charge < -0.3 is 4.74 Å². The first-order valence-electron chi connectivity index (χ1n) is 7.18. The Morgan fingerprint density at radius 3 is 1.81 bits per heavy atom. The van der Waals surface area contributed by atoms with Crippen molar-refractivity contribution in [1.82, 2.24) is 0 Å². The summed E-state index contributed by atoms with van der Waals surface area (Å²) in [6.07, 6.45) is 0. The number of hydrogen-bond donors (Lipinski definition) is 0. The summed E-state index contributed by atoms with van der Waals surface area (Å²) in [5.41, 5.74) is 2.08. The molecule has 0 aliphatic carbocycles. The highest BCUT2D eigenvalue weighted by Crippen LogP contribution is 2.26. The van der Waals surface area contributed by atoms with Gasteiger partial charge in [-0.25, -0.2) is 0 Å². The summed E-state index contributed by atoms with van der Waals surface area (Å²) in [5.74, 6) is -0.421. The van der Waals surface area contributed by atoms with E-state index < -0.39 is 5.97 Å². The molecule has 0 saturated heterocycles. The highest BCUT2D eigenvalue weighted by molar-refractivity contribution is 9.08. The van der Waals surface area contributed by atoms with E-state index in [0.717, 1.165) is 5.56 Å². The highest BCUT2D eigenvalue weighted by Gasteiger charge is 2.10. The van der Waals surface area contributed by atoms with Gasteiger partial charge in [-0.15, -0.1) is 0 Å². The molecule has 0 spiro atoms. The largest absolute Gasteiger partial charge is 0.461 e. The number of benzene rings is 2. The van der Waals surface area contributed by atoms with Gasteiger partial charge in [0.25, 0.3) is 0 Å². The van der Waals surface area contributed by atoms with Gasteiger partial charge in [0.1, 0.15) is 18.7 Å². The fourth-order valence-corrected chi connectivity index (χ4v) is 3.50. The smallest absolute Gasteiger partial charge is 0.302 e. The van der Waals surface area contributed by atoms with Crippen LogP contribution < -0.4 is 0 Å². The van der Waals surface area contributed by atoms with Gasteiger partial charge in [-0.3, -0.25) is 4.79 Å². The van der Waals surface area contributed by atoms with Gasteiger partial charge in [0, 0.05) is 27.9 Å². The van der Waals surface area contributed by atoms with Crippen molar-refractivity contribution in [1.29, 1.82) is 10.5 Å². The summed E-state index contributed by atoms with van der Waals surface area (Å²) in [6.45, 7) is 1.29. The number of alkyl halides is 1. The van der Waals surface area contributed by atoms with Gasteiger partial charge in [0.05, 0.1) is 21.2 Å². The molecule has 0 aliphatic rings. The van der Waals surface area contributed by atoms with Crippen LogP contribution in [0.4, 0.5) is 0 Å². The molecular weight excluding hydrogens is 498 g/mol. The Morgan fingerprint density at radius 2 is 1.41 bits per heavy atom. The van der Waals surface area contributed by atoms with Crippen LogP contribution in [0.15, 0.2) is 24.3 Å². The number of hydrogen-bond acceptors (Lipinski definition) is 4. The van der Waals surface area contributed by atoms with Crippen molar-refractivity contribution in [3.63, 3.8) is 0 Å². The molecule has 9 heteroatoms. The van der Waals surface area contributed by atoms with Crippen LogP contribution in [0.5, 0.6) is 0 Å². The zero-order chi connectivity index (χ0) is 20.6. The van der Waals surface area contributed by atoms with Crippen molar-refractivity contribution in [3.05, 3.63) is 66.6 Å². The molecule has 0 heterocycles. The van der Waals surface area contributed by atoms with E-state index >= 15 is 0 Å². The average Bonchev–Trinajstić information content (AvgIpc) is 2.59. The van der Waals surface area contributed by atoms with Crippen LogP contribution in [-0.2, 0) is 21.5 Å². The maximum Gasteiger partial charge on any atom is 0.302 e. The molecule has 0 saturated carbocycles. The first-order valence-corrected chi connectivity index (χ1v) is 9.82. The lowest BCUT2D eigenvalue weighted by atomic mass is 10.1. The monoisotopic (exact) mass is 506 g/mol. The molecule has 4 nitrogen and oxygen atoms in total. The van der Waals surface area contributed by atoms with Crippen LogP contribution in [0.25, 0.3) is 0 Å². The molecule has 0 aromatic heterocycles. The first kappa shape index (κ1) is 23.6.